The highest BCUT2D eigenvalue weighted by Crippen LogP contribution is 2.46. The molecular weight excluding hydrogens is 1630 g/mol. The van der Waals surface area contributed by atoms with Crippen molar-refractivity contribution in [1.82, 2.24) is 47.3 Å². The number of aromatic nitrogens is 10. The van der Waals surface area contributed by atoms with E-state index < -0.39 is 0 Å². The Morgan fingerprint density at radius 3 is 0.634 bits per heavy atom. The highest BCUT2D eigenvalue weighted by molar-refractivity contribution is 6.17. The van der Waals surface area contributed by atoms with E-state index in [1.54, 1.807) is 0 Å². The molecule has 10 heteroatoms. The van der Waals surface area contributed by atoms with E-state index in [0.717, 1.165) is 135 Å². The number of para-hydroxylation sites is 4. The van der Waals surface area contributed by atoms with Gasteiger partial charge in [0, 0.05) is 132 Å². The SMILES string of the molecule is Cc1ccc2c(c1)c1cc(C)ccc1n2-c1ccc2c(c1)c1cc(-n3c4ccccc4c4ccccc43)ccc1n2-c1ccc(-c2cc(-c3ccccc3C)nc(-c3ccccc3C)n2)cc1.Cc1ccc2c(c1)c1ccccc1n2-c1ccc2c(c1)c1cc(-n3c4ccccc4c4cc(C)ccc43)ccc1n2-c1ccc(-c2cc(-c3ccccc3C)nc(-c3ccccc3C)n2)cc1. The molecule has 0 aliphatic carbocycles. The maximum Gasteiger partial charge on any atom is 0.160 e. The van der Waals surface area contributed by atoms with Gasteiger partial charge in [-0.05, 0) is 260 Å². The molecule has 8 aromatic heterocycles. The van der Waals surface area contributed by atoms with E-state index >= 15 is 0 Å². The molecule has 0 fully saturated rings. The van der Waals surface area contributed by atoms with Crippen molar-refractivity contribution >= 4 is 131 Å². The average molecular weight is 1720 g/mol. The second kappa shape index (κ2) is 31.4. The Morgan fingerprint density at radius 1 is 0.149 bits per heavy atom. The van der Waals surface area contributed by atoms with E-state index in [-0.39, 0.29) is 0 Å². The summed E-state index contributed by atoms with van der Waals surface area (Å²) in [5.41, 5.74) is 40.5. The van der Waals surface area contributed by atoms with E-state index in [0.29, 0.717) is 0 Å². The van der Waals surface area contributed by atoms with Crippen LogP contribution in [0.1, 0.15) is 44.5 Å². The molecule has 0 radical (unpaired) electrons. The van der Waals surface area contributed by atoms with Crippen molar-refractivity contribution in [2.75, 3.05) is 0 Å². The molecule has 0 atom stereocenters. The fraction of sp³-hybridized carbons (Fsp3) is 0.0645. The van der Waals surface area contributed by atoms with Crippen LogP contribution < -0.4 is 0 Å². The van der Waals surface area contributed by atoms with Crippen LogP contribution in [-0.2, 0) is 0 Å². The molecule has 26 rings (SSSR count). The highest BCUT2D eigenvalue weighted by Gasteiger charge is 2.26. The van der Waals surface area contributed by atoms with Gasteiger partial charge in [0.05, 0.1) is 89.0 Å². The minimum Gasteiger partial charge on any atom is -0.309 e. The van der Waals surface area contributed by atoms with Crippen LogP contribution in [0.25, 0.3) is 233 Å². The number of benzene rings is 18. The second-order valence-electron chi connectivity index (χ2n) is 36.2. The maximum atomic E-state index is 5.22. The van der Waals surface area contributed by atoms with E-state index in [1.807, 2.05) is 0 Å². The van der Waals surface area contributed by atoms with E-state index in [1.165, 1.54) is 142 Å². The smallest absolute Gasteiger partial charge is 0.160 e. The molecule has 0 N–H and O–H groups in total. The third-order valence-corrected chi connectivity index (χ3v) is 27.7. The molecule has 10 nitrogen and oxygen atoms in total. The lowest BCUT2D eigenvalue weighted by molar-refractivity contribution is 1.15. The Morgan fingerprint density at radius 2 is 0.351 bits per heavy atom. The van der Waals surface area contributed by atoms with Crippen molar-refractivity contribution in [1.29, 1.82) is 0 Å². The molecule has 0 saturated heterocycles. The zero-order chi connectivity index (χ0) is 89.8. The Balaban J connectivity index is 0.000000143. The molecule has 0 saturated carbocycles. The summed E-state index contributed by atoms with van der Waals surface area (Å²) in [6.45, 7) is 17.2. The number of rotatable bonds is 12. The average Bonchev–Trinajstić information content (AvgIpc) is 1.56. The minimum atomic E-state index is 0.726. The van der Waals surface area contributed by atoms with E-state index in [9.17, 15) is 0 Å². The predicted molar refractivity (Wildman–Crippen MR) is 561 cm³/mol. The van der Waals surface area contributed by atoms with Crippen LogP contribution in [0.3, 0.4) is 0 Å². The molecule has 0 bridgehead atoms. The quantitative estimate of drug-likeness (QED) is 0.122. The number of aryl methyl sites for hydroxylation is 8. The van der Waals surface area contributed by atoms with E-state index in [4.69, 9.17) is 19.9 Å². The lowest BCUT2D eigenvalue weighted by atomic mass is 10.0. The molecule has 0 unspecified atom stereocenters. The van der Waals surface area contributed by atoms with E-state index in [2.05, 4.69) is 483 Å². The molecule has 0 spiro atoms. The molecule has 0 aliphatic heterocycles. The van der Waals surface area contributed by atoms with Gasteiger partial charge in [-0.1, -0.05) is 241 Å². The summed E-state index contributed by atoms with van der Waals surface area (Å²) < 4.78 is 14.6. The maximum absolute atomic E-state index is 5.22. The Hall–Kier alpha value is -17.1. The summed E-state index contributed by atoms with van der Waals surface area (Å²) in [7, 11) is 0. The minimum absolute atomic E-state index is 0.726. The molecule has 0 amide bonds. The number of hydrogen-bond acceptors (Lipinski definition) is 4. The summed E-state index contributed by atoms with van der Waals surface area (Å²) >= 11 is 0. The molecule has 26 aromatic rings. The Bertz CT molecular complexity index is 8770. The fourth-order valence-electron chi connectivity index (χ4n) is 21.2. The Labute approximate surface area is 775 Å². The van der Waals surface area contributed by atoms with Gasteiger partial charge in [-0.2, -0.15) is 0 Å². The zero-order valence-electron chi connectivity index (χ0n) is 75.6. The normalized spacial score (nSPS) is 11.9. The van der Waals surface area contributed by atoms with Crippen molar-refractivity contribution < 1.29 is 0 Å². The van der Waals surface area contributed by atoms with Gasteiger partial charge in [0.2, 0.25) is 0 Å². The topological polar surface area (TPSA) is 81.1 Å². The summed E-state index contributed by atoms with van der Waals surface area (Å²) in [6, 6.07) is 146. The number of nitrogens with zero attached hydrogens (tertiary/aromatic N) is 10. The van der Waals surface area contributed by atoms with Gasteiger partial charge in [0.25, 0.3) is 0 Å². The number of fused-ring (bicyclic) bond motifs is 18. The summed E-state index contributed by atoms with van der Waals surface area (Å²) in [4.78, 5) is 20.8. The van der Waals surface area contributed by atoms with Crippen LogP contribution in [0.5, 0.6) is 0 Å². The van der Waals surface area contributed by atoms with Gasteiger partial charge in [-0.15, -0.1) is 0 Å². The van der Waals surface area contributed by atoms with Crippen LogP contribution in [0.2, 0.25) is 0 Å². The van der Waals surface area contributed by atoms with Crippen LogP contribution in [0.15, 0.2) is 400 Å². The van der Waals surface area contributed by atoms with Crippen LogP contribution in [0, 0.1) is 55.4 Å². The standard InChI is InChI=1S/2C62H45N5/c1-38-21-29-58-50(33-38)48-17-9-11-19-56(48)66(58)44-27-31-60-52(35-44)53-36-45(67-57-20-12-10-18-49(57)51-34-39(2)22-30-59(51)67)28-32-61(53)65(60)43-25-23-42(24-26-43)54-37-55(46-15-7-5-13-40(46)3)64-62(63-54)47-16-8-6-14-41(47)4;1-38-21-29-58-50(33-38)51-34-39(2)22-30-59(51)67(58)45-28-32-61-53(36-45)52-35-44(66-56-19-11-9-17-48(56)49-18-10-12-20-57(49)66)27-31-60(52)65(61)43-25-23-42(24-26-43)54-37-55(46-15-7-5-13-40(46)3)64-62(63-54)47-16-8-6-14-41(47)4/h2*5-37H,1-4H3. The van der Waals surface area contributed by atoms with Gasteiger partial charge < -0.3 is 27.4 Å². The third-order valence-electron chi connectivity index (χ3n) is 27.7. The third kappa shape index (κ3) is 13.0. The van der Waals surface area contributed by atoms with Gasteiger partial charge in [-0.3, -0.25) is 0 Å². The lowest BCUT2D eigenvalue weighted by Gasteiger charge is -2.13. The van der Waals surface area contributed by atoms with Gasteiger partial charge in [0.15, 0.2) is 11.6 Å². The lowest BCUT2D eigenvalue weighted by Crippen LogP contribution is -1.99. The second-order valence-corrected chi connectivity index (χ2v) is 36.2. The summed E-state index contributed by atoms with van der Waals surface area (Å²) in [6.07, 6.45) is 0. The fourth-order valence-corrected chi connectivity index (χ4v) is 21.2. The Kier molecular flexibility index (Phi) is 18.5. The van der Waals surface area contributed by atoms with Crippen LogP contribution in [0.4, 0.5) is 0 Å². The van der Waals surface area contributed by atoms with Crippen molar-refractivity contribution in [2.45, 2.75) is 55.4 Å². The van der Waals surface area contributed by atoms with Crippen molar-refractivity contribution in [2.24, 2.45) is 0 Å². The zero-order valence-corrected chi connectivity index (χ0v) is 75.6. The molecular formula is C124H90N10. The largest absolute Gasteiger partial charge is 0.309 e. The van der Waals surface area contributed by atoms with Crippen LogP contribution >= 0.6 is 0 Å². The summed E-state index contributed by atoms with van der Waals surface area (Å²) in [5, 5.41) is 14.9. The monoisotopic (exact) mass is 1720 g/mol. The molecule has 0 aliphatic rings. The van der Waals surface area contributed by atoms with Crippen molar-refractivity contribution in [3.05, 3.63) is 445 Å². The summed E-state index contributed by atoms with van der Waals surface area (Å²) in [5.74, 6) is 1.45. The highest BCUT2D eigenvalue weighted by atomic mass is 15.0. The first-order valence-corrected chi connectivity index (χ1v) is 46.1. The van der Waals surface area contributed by atoms with Gasteiger partial charge in [0.1, 0.15) is 0 Å². The predicted octanol–water partition coefficient (Wildman–Crippen LogP) is 32.0. The molecule has 636 valence electrons. The first-order chi connectivity index (χ1) is 65.7. The van der Waals surface area contributed by atoms with Crippen molar-refractivity contribution in [3.63, 3.8) is 0 Å². The first kappa shape index (κ1) is 79.1. The first-order valence-electron chi connectivity index (χ1n) is 46.1. The van der Waals surface area contributed by atoms with Crippen LogP contribution in [-0.4, -0.2) is 47.3 Å². The van der Waals surface area contributed by atoms with Crippen molar-refractivity contribution in [3.8, 4) is 102 Å². The number of hydrogen-bond donors (Lipinski definition) is 0. The molecule has 18 aromatic carbocycles. The van der Waals surface area contributed by atoms with Gasteiger partial charge in [-0.25, -0.2) is 19.9 Å². The van der Waals surface area contributed by atoms with Gasteiger partial charge >= 0.3 is 0 Å². The molecule has 134 heavy (non-hydrogen) atoms. The molecule has 8 heterocycles.